The second kappa shape index (κ2) is 13.9. The summed E-state index contributed by atoms with van der Waals surface area (Å²) in [5, 5.41) is 18.1. The number of carboxylic acid groups (broad SMARTS) is 2. The highest BCUT2D eigenvalue weighted by Crippen LogP contribution is 2.08. The minimum absolute atomic E-state index is 0.256. The number of hydrogen-bond acceptors (Lipinski definition) is 7. The van der Waals surface area contributed by atoms with Crippen LogP contribution in [0.25, 0.3) is 0 Å². The van der Waals surface area contributed by atoms with E-state index in [-0.39, 0.29) is 17.0 Å². The maximum Gasteiger partial charge on any atom is 0.354 e. The van der Waals surface area contributed by atoms with Gasteiger partial charge in [0.1, 0.15) is 11.4 Å². The second-order valence-electron chi connectivity index (χ2n) is 6.45. The monoisotopic (exact) mass is 443 g/mol. The van der Waals surface area contributed by atoms with Crippen molar-refractivity contribution in [1.82, 2.24) is 4.98 Å². The fourth-order valence-corrected chi connectivity index (χ4v) is 2.42. The number of carbonyl (C=O) groups is 2. The smallest absolute Gasteiger partial charge is 0.354 e. The summed E-state index contributed by atoms with van der Waals surface area (Å²) in [5.41, 5.74) is 1.17. The molecule has 0 spiro atoms. The Bertz CT molecular complexity index is 914. The maximum atomic E-state index is 11.1. The van der Waals surface area contributed by atoms with E-state index in [0.717, 1.165) is 5.56 Å². The summed E-state index contributed by atoms with van der Waals surface area (Å²) >= 11 is 0. The summed E-state index contributed by atoms with van der Waals surface area (Å²) in [6.07, 6.45) is 0. The second-order valence-corrected chi connectivity index (χ2v) is 6.45. The topological polar surface area (TPSA) is 124 Å². The van der Waals surface area contributed by atoms with Gasteiger partial charge in [0.15, 0.2) is 0 Å². The molecule has 0 amide bonds. The van der Waals surface area contributed by atoms with Crippen molar-refractivity contribution in [3.05, 3.63) is 64.5 Å². The van der Waals surface area contributed by atoms with Crippen LogP contribution in [0, 0.1) is 11.8 Å². The Labute approximate surface area is 185 Å². The highest BCUT2D eigenvalue weighted by molar-refractivity contribution is 5.90. The molecule has 0 saturated carbocycles. The Hall–Kier alpha value is -3.29. The average Bonchev–Trinajstić information content (AvgIpc) is 2.79. The maximum absolute atomic E-state index is 11.1. The number of carboxylic acids is 2. The Morgan fingerprint density at radius 1 is 0.781 bits per heavy atom. The molecule has 32 heavy (non-hydrogen) atoms. The SMILES string of the molecule is COCCOCCOCCOCc1ccc(C#Cc2cc(C(=O)O)nc(C(=O)O)c2)cc1. The summed E-state index contributed by atoms with van der Waals surface area (Å²) in [6, 6.07) is 9.81. The average molecular weight is 443 g/mol. The first-order valence-corrected chi connectivity index (χ1v) is 9.81. The standard InChI is InChI=1S/C23H25NO8/c1-29-8-9-30-10-11-31-12-13-32-16-18-5-2-17(3-6-18)4-7-19-14-20(22(25)26)24-21(15-19)23(27)28/h2-3,5-6,14-15H,8-13,16H2,1H3,(H,25,26)(H,27,28). The van der Waals surface area contributed by atoms with Gasteiger partial charge in [-0.2, -0.15) is 0 Å². The zero-order chi connectivity index (χ0) is 23.2. The van der Waals surface area contributed by atoms with Crippen LogP contribution in [0.4, 0.5) is 0 Å². The number of hydrogen-bond donors (Lipinski definition) is 2. The highest BCUT2D eigenvalue weighted by atomic mass is 16.6. The Morgan fingerprint density at radius 3 is 1.81 bits per heavy atom. The molecule has 0 fully saturated rings. The first-order valence-electron chi connectivity index (χ1n) is 9.81. The molecule has 1 aromatic carbocycles. The van der Waals surface area contributed by atoms with Crippen molar-refractivity contribution in [2.24, 2.45) is 0 Å². The van der Waals surface area contributed by atoms with Crippen LogP contribution in [0.15, 0.2) is 36.4 Å². The molecular formula is C23H25NO8. The molecule has 0 radical (unpaired) electrons. The minimum atomic E-state index is -1.32. The lowest BCUT2D eigenvalue weighted by molar-refractivity contribution is 0.000869. The van der Waals surface area contributed by atoms with Gasteiger partial charge in [0.05, 0.1) is 46.2 Å². The number of aromatic nitrogens is 1. The van der Waals surface area contributed by atoms with Crippen LogP contribution in [0.1, 0.15) is 37.7 Å². The van der Waals surface area contributed by atoms with Gasteiger partial charge in [-0.15, -0.1) is 0 Å². The third-order valence-electron chi connectivity index (χ3n) is 4.01. The van der Waals surface area contributed by atoms with E-state index in [2.05, 4.69) is 16.8 Å². The molecule has 9 nitrogen and oxygen atoms in total. The Balaban J connectivity index is 1.79. The Morgan fingerprint density at radius 2 is 1.28 bits per heavy atom. The summed E-state index contributed by atoms with van der Waals surface area (Å²) in [5.74, 6) is 3.03. The molecular weight excluding hydrogens is 418 g/mol. The van der Waals surface area contributed by atoms with Crippen LogP contribution < -0.4 is 0 Å². The van der Waals surface area contributed by atoms with E-state index in [1.807, 2.05) is 12.1 Å². The van der Waals surface area contributed by atoms with Gasteiger partial charge in [-0.1, -0.05) is 24.0 Å². The van der Waals surface area contributed by atoms with Crippen molar-refractivity contribution in [2.75, 3.05) is 46.8 Å². The molecule has 1 aromatic heterocycles. The van der Waals surface area contributed by atoms with Crippen molar-refractivity contribution in [3.63, 3.8) is 0 Å². The Kier molecular flexibility index (Phi) is 10.8. The van der Waals surface area contributed by atoms with Gasteiger partial charge in [0, 0.05) is 18.2 Å². The number of aromatic carboxylic acids is 2. The van der Waals surface area contributed by atoms with E-state index in [1.54, 1.807) is 19.2 Å². The lowest BCUT2D eigenvalue weighted by Crippen LogP contribution is -2.11. The summed E-state index contributed by atoms with van der Waals surface area (Å²) in [6.45, 7) is 3.48. The molecule has 0 aliphatic carbocycles. The number of pyridine rings is 1. The van der Waals surface area contributed by atoms with Gasteiger partial charge in [-0.05, 0) is 29.8 Å². The highest BCUT2D eigenvalue weighted by Gasteiger charge is 2.12. The molecule has 1 heterocycles. The molecule has 0 saturated heterocycles. The molecule has 9 heteroatoms. The zero-order valence-electron chi connectivity index (χ0n) is 17.7. The lowest BCUT2D eigenvalue weighted by Gasteiger charge is -2.07. The summed E-state index contributed by atoms with van der Waals surface area (Å²) in [4.78, 5) is 25.8. The number of methoxy groups -OCH3 is 1. The van der Waals surface area contributed by atoms with Gasteiger partial charge < -0.3 is 29.2 Å². The number of nitrogens with zero attached hydrogens (tertiary/aromatic N) is 1. The number of ether oxygens (including phenoxy) is 4. The predicted molar refractivity (Wildman–Crippen MR) is 114 cm³/mol. The van der Waals surface area contributed by atoms with Gasteiger partial charge in [0.25, 0.3) is 0 Å². The van der Waals surface area contributed by atoms with Gasteiger partial charge >= 0.3 is 11.9 Å². The van der Waals surface area contributed by atoms with Crippen molar-refractivity contribution in [1.29, 1.82) is 0 Å². The first-order chi connectivity index (χ1) is 15.5. The summed E-state index contributed by atoms with van der Waals surface area (Å²) in [7, 11) is 1.62. The van der Waals surface area contributed by atoms with E-state index in [1.165, 1.54) is 12.1 Å². The van der Waals surface area contributed by atoms with Gasteiger partial charge in [-0.25, -0.2) is 14.6 Å². The zero-order valence-corrected chi connectivity index (χ0v) is 17.7. The quantitative estimate of drug-likeness (QED) is 0.354. The van der Waals surface area contributed by atoms with Crippen LogP contribution in [-0.4, -0.2) is 73.9 Å². The van der Waals surface area contributed by atoms with Crippen LogP contribution >= 0.6 is 0 Å². The van der Waals surface area contributed by atoms with Crippen LogP contribution in [0.3, 0.4) is 0 Å². The first kappa shape index (κ1) is 25.0. The van der Waals surface area contributed by atoms with Crippen LogP contribution in [0.2, 0.25) is 0 Å². The van der Waals surface area contributed by atoms with Gasteiger partial charge in [0.2, 0.25) is 0 Å². The molecule has 170 valence electrons. The van der Waals surface area contributed by atoms with Crippen LogP contribution in [0.5, 0.6) is 0 Å². The van der Waals surface area contributed by atoms with Crippen molar-refractivity contribution < 1.29 is 38.7 Å². The van der Waals surface area contributed by atoms with Crippen molar-refractivity contribution in [2.45, 2.75) is 6.61 Å². The molecule has 0 aliphatic rings. The molecule has 2 N–H and O–H groups in total. The molecule has 2 rings (SSSR count). The molecule has 0 aliphatic heterocycles. The fraction of sp³-hybridized carbons (Fsp3) is 0.348. The molecule has 0 bridgehead atoms. The summed E-state index contributed by atoms with van der Waals surface area (Å²) < 4.78 is 21.1. The minimum Gasteiger partial charge on any atom is -0.477 e. The largest absolute Gasteiger partial charge is 0.477 e. The number of benzene rings is 1. The van der Waals surface area contributed by atoms with Crippen molar-refractivity contribution in [3.8, 4) is 11.8 Å². The van der Waals surface area contributed by atoms with E-state index in [0.29, 0.717) is 51.8 Å². The van der Waals surface area contributed by atoms with E-state index in [4.69, 9.17) is 29.2 Å². The van der Waals surface area contributed by atoms with Crippen LogP contribution in [-0.2, 0) is 25.6 Å². The predicted octanol–water partition coefficient (Wildman–Crippen LogP) is 2.07. The van der Waals surface area contributed by atoms with Gasteiger partial charge in [-0.3, -0.25) is 0 Å². The van der Waals surface area contributed by atoms with E-state index < -0.39 is 11.9 Å². The molecule has 0 atom stereocenters. The molecule has 0 unspecified atom stereocenters. The third-order valence-corrected chi connectivity index (χ3v) is 4.01. The lowest BCUT2D eigenvalue weighted by atomic mass is 10.1. The number of rotatable bonds is 13. The van der Waals surface area contributed by atoms with Crippen molar-refractivity contribution >= 4 is 11.9 Å². The molecule has 2 aromatic rings. The fourth-order valence-electron chi connectivity index (χ4n) is 2.42. The van der Waals surface area contributed by atoms with E-state index in [9.17, 15) is 9.59 Å². The van der Waals surface area contributed by atoms with E-state index >= 15 is 0 Å². The normalized spacial score (nSPS) is 10.4. The third kappa shape index (κ3) is 9.24.